The van der Waals surface area contributed by atoms with Crippen LogP contribution in [0.3, 0.4) is 0 Å². The van der Waals surface area contributed by atoms with Gasteiger partial charge in [0.1, 0.15) is 6.54 Å². The number of hydrogen-bond donors (Lipinski definition) is 1. The van der Waals surface area contributed by atoms with E-state index in [2.05, 4.69) is 15.2 Å². The van der Waals surface area contributed by atoms with E-state index in [1.807, 2.05) is 32.0 Å². The number of aliphatic hydroxyl groups excluding tert-OH is 1. The molecule has 0 spiro atoms. The van der Waals surface area contributed by atoms with Crippen LogP contribution in [0.25, 0.3) is 17.1 Å². The topological polar surface area (TPSA) is 90.8 Å². The summed E-state index contributed by atoms with van der Waals surface area (Å²) in [5, 5.41) is 18.7. The van der Waals surface area contributed by atoms with Crippen molar-refractivity contribution in [1.29, 1.82) is 0 Å². The summed E-state index contributed by atoms with van der Waals surface area (Å²) in [6.07, 6.45) is -8.59. The van der Waals surface area contributed by atoms with E-state index in [0.717, 1.165) is 20.4 Å². The summed E-state index contributed by atoms with van der Waals surface area (Å²) in [5.74, 6) is -0.0527. The molecule has 8 nitrogen and oxygen atoms in total. The van der Waals surface area contributed by atoms with Crippen LogP contribution in [0.2, 0.25) is 5.02 Å². The molecule has 2 atom stereocenters. The number of nitrogens with zero attached hydrogens (tertiary/aromatic N) is 6. The SMILES string of the molecule is CCc1cccc(C)c1-n1nc(Cn2nc(-c3ccc(Cl)cc3)n(C[C@H](O)C(F)(F)F)c2=O)nc1C(C)F. The molecule has 0 saturated carbocycles. The Kier molecular flexibility index (Phi) is 7.75. The highest BCUT2D eigenvalue weighted by Gasteiger charge is 2.39. The predicted molar refractivity (Wildman–Crippen MR) is 133 cm³/mol. The van der Waals surface area contributed by atoms with Crippen LogP contribution in [-0.2, 0) is 19.5 Å². The first-order valence-corrected chi connectivity index (χ1v) is 12.2. The van der Waals surface area contributed by atoms with Crippen LogP contribution in [0.4, 0.5) is 17.6 Å². The summed E-state index contributed by atoms with van der Waals surface area (Å²) in [5.41, 5.74) is 1.81. The van der Waals surface area contributed by atoms with E-state index < -0.39 is 30.7 Å². The maximum absolute atomic E-state index is 14.6. The van der Waals surface area contributed by atoms with Crippen molar-refractivity contribution in [2.24, 2.45) is 0 Å². The van der Waals surface area contributed by atoms with Crippen LogP contribution in [0.15, 0.2) is 47.3 Å². The van der Waals surface area contributed by atoms with Crippen LogP contribution in [-0.4, -0.2) is 46.5 Å². The highest BCUT2D eigenvalue weighted by molar-refractivity contribution is 6.30. The summed E-state index contributed by atoms with van der Waals surface area (Å²) >= 11 is 5.92. The lowest BCUT2D eigenvalue weighted by Gasteiger charge is -2.15. The third-order valence-electron chi connectivity index (χ3n) is 6.00. The van der Waals surface area contributed by atoms with Crippen molar-refractivity contribution in [3.8, 4) is 17.1 Å². The van der Waals surface area contributed by atoms with Crippen LogP contribution in [0.1, 0.15) is 42.8 Å². The average molecular weight is 553 g/mol. The summed E-state index contributed by atoms with van der Waals surface area (Å²) in [6, 6.07) is 11.6. The molecule has 0 aliphatic rings. The Morgan fingerprint density at radius 1 is 1.11 bits per heavy atom. The Hall–Kier alpha value is -3.51. The summed E-state index contributed by atoms with van der Waals surface area (Å²) in [4.78, 5) is 17.5. The molecular weight excluding hydrogens is 528 g/mol. The standard InChI is InChI=1S/C25H25ClF4N6O2/c1-4-16-7-5-6-14(2)21(16)36-22(15(3)27)31-20(32-36)13-35-24(38)34(12-19(37)25(28,29)30)23(33-35)17-8-10-18(26)11-9-17/h5-11,15,19,37H,4,12-13H2,1-3H3/t15?,19-/m0/s1. The number of rotatable bonds is 8. The minimum absolute atomic E-state index is 0.0156. The molecule has 1 N–H and O–H groups in total. The van der Waals surface area contributed by atoms with Gasteiger partial charge in [-0.15, -0.1) is 10.2 Å². The van der Waals surface area contributed by atoms with E-state index in [1.54, 1.807) is 0 Å². The molecule has 0 aliphatic heterocycles. The van der Waals surface area contributed by atoms with Gasteiger partial charge in [-0.3, -0.25) is 4.57 Å². The van der Waals surface area contributed by atoms with Crippen molar-refractivity contribution in [3.05, 3.63) is 80.7 Å². The molecule has 4 aromatic rings. The first kappa shape index (κ1) is 27.5. The zero-order valence-electron chi connectivity index (χ0n) is 20.7. The quantitative estimate of drug-likeness (QED) is 0.317. The lowest BCUT2D eigenvalue weighted by molar-refractivity contribution is -0.207. The van der Waals surface area contributed by atoms with Gasteiger partial charge in [0.2, 0.25) is 0 Å². The Morgan fingerprint density at radius 2 is 1.79 bits per heavy atom. The molecule has 2 aromatic carbocycles. The number of aliphatic hydroxyl groups is 1. The van der Waals surface area contributed by atoms with Gasteiger partial charge in [0.15, 0.2) is 29.7 Å². The Bertz CT molecular complexity index is 1490. The maximum Gasteiger partial charge on any atom is 0.416 e. The van der Waals surface area contributed by atoms with Crippen LogP contribution < -0.4 is 5.69 Å². The van der Waals surface area contributed by atoms with Crippen molar-refractivity contribution in [2.75, 3.05) is 0 Å². The highest BCUT2D eigenvalue weighted by atomic mass is 35.5. The number of para-hydroxylation sites is 1. The molecule has 0 saturated heterocycles. The van der Waals surface area contributed by atoms with Gasteiger partial charge in [0.05, 0.1) is 12.2 Å². The molecular formula is C25H25ClF4N6O2. The first-order valence-electron chi connectivity index (χ1n) is 11.8. The molecule has 0 bridgehead atoms. The molecule has 1 unspecified atom stereocenters. The Balaban J connectivity index is 1.80. The van der Waals surface area contributed by atoms with Gasteiger partial charge in [-0.05, 0) is 55.7 Å². The van der Waals surface area contributed by atoms with Crippen molar-refractivity contribution >= 4 is 11.6 Å². The molecule has 38 heavy (non-hydrogen) atoms. The van der Waals surface area contributed by atoms with Gasteiger partial charge in [-0.2, -0.15) is 13.2 Å². The molecule has 0 amide bonds. The molecule has 4 rings (SSSR count). The number of hydrogen-bond acceptors (Lipinski definition) is 5. The highest BCUT2D eigenvalue weighted by Crippen LogP contribution is 2.26. The monoisotopic (exact) mass is 552 g/mol. The fraction of sp³-hybridized carbons (Fsp3) is 0.360. The van der Waals surface area contributed by atoms with Crippen LogP contribution in [0, 0.1) is 6.92 Å². The van der Waals surface area contributed by atoms with Crippen molar-refractivity contribution in [3.63, 3.8) is 0 Å². The van der Waals surface area contributed by atoms with Gasteiger partial charge in [0, 0.05) is 10.6 Å². The summed E-state index contributed by atoms with van der Waals surface area (Å²) < 4.78 is 57.0. The van der Waals surface area contributed by atoms with Crippen LogP contribution in [0.5, 0.6) is 0 Å². The van der Waals surface area contributed by atoms with Crippen molar-refractivity contribution in [2.45, 2.75) is 58.7 Å². The second kappa shape index (κ2) is 10.7. The van der Waals surface area contributed by atoms with E-state index in [1.165, 1.54) is 35.9 Å². The van der Waals surface area contributed by atoms with Gasteiger partial charge < -0.3 is 5.11 Å². The third kappa shape index (κ3) is 5.51. The average Bonchev–Trinajstić information content (AvgIpc) is 3.40. The van der Waals surface area contributed by atoms with Gasteiger partial charge in [-0.25, -0.2) is 23.5 Å². The number of alkyl halides is 4. The zero-order valence-corrected chi connectivity index (χ0v) is 21.5. The zero-order chi connectivity index (χ0) is 27.8. The molecule has 202 valence electrons. The first-order chi connectivity index (χ1) is 17.9. The lowest BCUT2D eigenvalue weighted by Crippen LogP contribution is -2.37. The fourth-order valence-electron chi connectivity index (χ4n) is 4.10. The van der Waals surface area contributed by atoms with Crippen LogP contribution >= 0.6 is 11.6 Å². The van der Waals surface area contributed by atoms with E-state index in [-0.39, 0.29) is 24.0 Å². The molecule has 0 aliphatic carbocycles. The van der Waals surface area contributed by atoms with E-state index >= 15 is 0 Å². The van der Waals surface area contributed by atoms with Gasteiger partial charge >= 0.3 is 11.9 Å². The Morgan fingerprint density at radius 3 is 2.39 bits per heavy atom. The lowest BCUT2D eigenvalue weighted by atomic mass is 10.1. The molecule has 0 fully saturated rings. The second-order valence-electron chi connectivity index (χ2n) is 8.79. The smallest absolute Gasteiger partial charge is 0.382 e. The molecule has 0 radical (unpaired) electrons. The number of aryl methyl sites for hydroxylation is 2. The second-order valence-corrected chi connectivity index (χ2v) is 9.23. The maximum atomic E-state index is 14.6. The molecule has 13 heteroatoms. The van der Waals surface area contributed by atoms with Gasteiger partial charge in [-0.1, -0.05) is 36.7 Å². The summed E-state index contributed by atoms with van der Waals surface area (Å²) in [7, 11) is 0. The summed E-state index contributed by atoms with van der Waals surface area (Å²) in [6.45, 7) is 3.71. The van der Waals surface area contributed by atoms with Gasteiger partial charge in [0.25, 0.3) is 0 Å². The molecule has 2 aromatic heterocycles. The number of halogens is 5. The van der Waals surface area contributed by atoms with Crippen molar-refractivity contribution in [1.82, 2.24) is 29.1 Å². The number of benzene rings is 2. The predicted octanol–water partition coefficient (Wildman–Crippen LogP) is 4.82. The molecule has 2 heterocycles. The normalized spacial score (nSPS) is 13.6. The minimum Gasteiger partial charge on any atom is -0.382 e. The number of aromatic nitrogens is 6. The third-order valence-corrected chi connectivity index (χ3v) is 6.25. The van der Waals surface area contributed by atoms with Crippen molar-refractivity contribution < 1.29 is 22.7 Å². The largest absolute Gasteiger partial charge is 0.416 e. The van der Waals surface area contributed by atoms with E-state index in [9.17, 15) is 27.5 Å². The minimum atomic E-state index is -4.95. The fourth-order valence-corrected chi connectivity index (χ4v) is 4.22. The van der Waals surface area contributed by atoms with E-state index in [4.69, 9.17) is 11.6 Å². The van der Waals surface area contributed by atoms with E-state index in [0.29, 0.717) is 22.7 Å². The Labute approximate surface area is 220 Å².